The molecule has 0 amide bonds. The van der Waals surface area contributed by atoms with Gasteiger partial charge in [-0.3, -0.25) is 0 Å². The Morgan fingerprint density at radius 1 is 1.33 bits per heavy atom. The van der Waals surface area contributed by atoms with Crippen molar-refractivity contribution in [1.29, 1.82) is 0 Å². The SMILES string of the molecule is Fc1cccc(N2CCCC(F)(F)C2)n1. The molecule has 1 aromatic rings. The maximum absolute atomic E-state index is 13.1. The first-order valence-corrected chi connectivity index (χ1v) is 4.82. The summed E-state index contributed by atoms with van der Waals surface area (Å²) in [5.41, 5.74) is 0. The smallest absolute Gasteiger partial charge is 0.265 e. The lowest BCUT2D eigenvalue weighted by Gasteiger charge is -2.33. The van der Waals surface area contributed by atoms with E-state index in [4.69, 9.17) is 0 Å². The highest BCUT2D eigenvalue weighted by Gasteiger charge is 2.35. The molecule has 5 heteroatoms. The fourth-order valence-corrected chi connectivity index (χ4v) is 1.74. The second kappa shape index (κ2) is 3.72. The van der Waals surface area contributed by atoms with Crippen molar-refractivity contribution in [3.05, 3.63) is 24.1 Å². The predicted octanol–water partition coefficient (Wildman–Crippen LogP) is 2.46. The molecule has 0 atom stereocenters. The lowest BCUT2D eigenvalue weighted by Crippen LogP contribution is -2.43. The molecule has 0 N–H and O–H groups in total. The summed E-state index contributed by atoms with van der Waals surface area (Å²) in [6.45, 7) is 0.134. The third kappa shape index (κ3) is 2.40. The Morgan fingerprint density at radius 3 is 2.80 bits per heavy atom. The normalized spacial score (nSPS) is 20.3. The number of halogens is 3. The van der Waals surface area contributed by atoms with Gasteiger partial charge in [0.05, 0.1) is 6.54 Å². The van der Waals surface area contributed by atoms with Gasteiger partial charge in [0.1, 0.15) is 5.82 Å². The number of piperidine rings is 1. The van der Waals surface area contributed by atoms with Crippen molar-refractivity contribution in [2.45, 2.75) is 18.8 Å². The van der Waals surface area contributed by atoms with E-state index in [0.717, 1.165) is 0 Å². The van der Waals surface area contributed by atoms with Crippen LogP contribution >= 0.6 is 0 Å². The van der Waals surface area contributed by atoms with Crippen LogP contribution in [-0.4, -0.2) is 24.0 Å². The molecule has 2 nitrogen and oxygen atoms in total. The molecule has 1 fully saturated rings. The van der Waals surface area contributed by atoms with Gasteiger partial charge >= 0.3 is 0 Å². The fraction of sp³-hybridized carbons (Fsp3) is 0.500. The van der Waals surface area contributed by atoms with Crippen LogP contribution in [0.25, 0.3) is 0 Å². The molecule has 1 aliphatic heterocycles. The molecule has 2 heterocycles. The van der Waals surface area contributed by atoms with Gasteiger partial charge in [-0.05, 0) is 18.6 Å². The van der Waals surface area contributed by atoms with Crippen molar-refractivity contribution < 1.29 is 13.2 Å². The zero-order chi connectivity index (χ0) is 10.9. The van der Waals surface area contributed by atoms with E-state index in [1.807, 2.05) is 0 Å². The molecule has 82 valence electrons. The van der Waals surface area contributed by atoms with Crippen LogP contribution in [0.3, 0.4) is 0 Å². The van der Waals surface area contributed by atoms with Crippen LogP contribution in [0.4, 0.5) is 19.0 Å². The molecule has 15 heavy (non-hydrogen) atoms. The summed E-state index contributed by atoms with van der Waals surface area (Å²) in [5, 5.41) is 0. The Labute approximate surface area is 85.7 Å². The largest absolute Gasteiger partial charge is 0.350 e. The van der Waals surface area contributed by atoms with Gasteiger partial charge in [0, 0.05) is 13.0 Å². The van der Waals surface area contributed by atoms with Gasteiger partial charge in [-0.2, -0.15) is 4.39 Å². The van der Waals surface area contributed by atoms with E-state index in [0.29, 0.717) is 13.0 Å². The van der Waals surface area contributed by atoms with Crippen molar-refractivity contribution in [2.24, 2.45) is 0 Å². The maximum atomic E-state index is 13.1. The van der Waals surface area contributed by atoms with Gasteiger partial charge < -0.3 is 4.90 Å². The summed E-state index contributed by atoms with van der Waals surface area (Å²) < 4.78 is 38.9. The van der Waals surface area contributed by atoms with Crippen molar-refractivity contribution in [3.8, 4) is 0 Å². The van der Waals surface area contributed by atoms with E-state index in [9.17, 15) is 13.2 Å². The highest BCUT2D eigenvalue weighted by molar-refractivity contribution is 5.38. The van der Waals surface area contributed by atoms with E-state index >= 15 is 0 Å². The van der Waals surface area contributed by atoms with Crippen LogP contribution in [0.15, 0.2) is 18.2 Å². The minimum Gasteiger partial charge on any atom is -0.350 e. The number of hydrogen-bond donors (Lipinski definition) is 0. The molecular weight excluding hydrogens is 205 g/mol. The minimum absolute atomic E-state index is 0.0984. The first-order chi connectivity index (χ1) is 7.07. The molecule has 0 bridgehead atoms. The fourth-order valence-electron chi connectivity index (χ4n) is 1.74. The first kappa shape index (κ1) is 10.3. The van der Waals surface area contributed by atoms with Gasteiger partial charge in [-0.15, -0.1) is 0 Å². The quantitative estimate of drug-likeness (QED) is 0.670. The molecule has 1 aromatic heterocycles. The highest BCUT2D eigenvalue weighted by Crippen LogP contribution is 2.28. The molecule has 2 rings (SSSR count). The van der Waals surface area contributed by atoms with Gasteiger partial charge in [-0.1, -0.05) is 6.07 Å². The van der Waals surface area contributed by atoms with Gasteiger partial charge in [0.2, 0.25) is 5.95 Å². The number of alkyl halides is 2. The van der Waals surface area contributed by atoms with E-state index in [1.165, 1.54) is 17.0 Å². The lowest BCUT2D eigenvalue weighted by atomic mass is 10.1. The van der Waals surface area contributed by atoms with Crippen molar-refractivity contribution in [2.75, 3.05) is 18.0 Å². The lowest BCUT2D eigenvalue weighted by molar-refractivity contribution is -0.0118. The third-order valence-electron chi connectivity index (χ3n) is 2.42. The zero-order valence-corrected chi connectivity index (χ0v) is 8.09. The Kier molecular flexibility index (Phi) is 2.54. The summed E-state index contributed by atoms with van der Waals surface area (Å²) in [4.78, 5) is 5.01. The second-order valence-electron chi connectivity index (χ2n) is 3.70. The Bertz CT molecular complexity index is 354. The zero-order valence-electron chi connectivity index (χ0n) is 8.09. The molecule has 0 saturated carbocycles. The summed E-state index contributed by atoms with van der Waals surface area (Å²) in [7, 11) is 0. The van der Waals surface area contributed by atoms with E-state index in [-0.39, 0.29) is 18.8 Å². The van der Waals surface area contributed by atoms with Crippen molar-refractivity contribution in [1.82, 2.24) is 4.98 Å². The van der Waals surface area contributed by atoms with Crippen molar-refractivity contribution >= 4 is 5.82 Å². The molecular formula is C10H11F3N2. The summed E-state index contributed by atoms with van der Waals surface area (Å²) in [6, 6.07) is 4.22. The van der Waals surface area contributed by atoms with E-state index < -0.39 is 11.9 Å². The van der Waals surface area contributed by atoms with Gasteiger partial charge in [0.15, 0.2) is 0 Å². The molecule has 0 radical (unpaired) electrons. The minimum atomic E-state index is -2.69. The van der Waals surface area contributed by atoms with Crippen LogP contribution in [0, 0.1) is 5.95 Å². The molecule has 1 saturated heterocycles. The predicted molar refractivity (Wildman–Crippen MR) is 50.6 cm³/mol. The number of aromatic nitrogens is 1. The summed E-state index contributed by atoms with van der Waals surface area (Å²) in [5.74, 6) is -3.04. The van der Waals surface area contributed by atoms with Crippen LogP contribution < -0.4 is 4.90 Å². The Balaban J connectivity index is 2.17. The Morgan fingerprint density at radius 2 is 2.13 bits per heavy atom. The molecule has 0 unspecified atom stereocenters. The average Bonchev–Trinajstić information content (AvgIpc) is 2.16. The van der Waals surface area contributed by atoms with Crippen LogP contribution in [0.1, 0.15) is 12.8 Å². The van der Waals surface area contributed by atoms with Gasteiger partial charge in [-0.25, -0.2) is 13.8 Å². The van der Waals surface area contributed by atoms with Crippen LogP contribution in [0.5, 0.6) is 0 Å². The third-order valence-corrected chi connectivity index (χ3v) is 2.42. The number of anilines is 1. The summed E-state index contributed by atoms with van der Waals surface area (Å²) >= 11 is 0. The van der Waals surface area contributed by atoms with Crippen molar-refractivity contribution in [3.63, 3.8) is 0 Å². The first-order valence-electron chi connectivity index (χ1n) is 4.82. The topological polar surface area (TPSA) is 16.1 Å². The number of pyridine rings is 1. The van der Waals surface area contributed by atoms with E-state index in [1.54, 1.807) is 6.07 Å². The van der Waals surface area contributed by atoms with E-state index in [2.05, 4.69) is 4.98 Å². The molecule has 1 aliphatic rings. The molecule has 0 spiro atoms. The van der Waals surface area contributed by atoms with Crippen LogP contribution in [0.2, 0.25) is 0 Å². The standard InChI is InChI=1S/C10H11F3N2/c11-8-3-1-4-9(14-8)15-6-2-5-10(12,13)7-15/h1,3-4H,2,5-7H2. The number of rotatable bonds is 1. The number of hydrogen-bond acceptors (Lipinski definition) is 2. The summed E-state index contributed by atoms with van der Waals surface area (Å²) in [6.07, 6.45) is 0.310. The molecule has 0 aromatic carbocycles. The Hall–Kier alpha value is -1.26. The van der Waals surface area contributed by atoms with Crippen LogP contribution in [-0.2, 0) is 0 Å². The highest BCUT2D eigenvalue weighted by atomic mass is 19.3. The number of nitrogens with zero attached hydrogens (tertiary/aromatic N) is 2. The monoisotopic (exact) mass is 216 g/mol. The molecule has 0 aliphatic carbocycles. The average molecular weight is 216 g/mol. The second-order valence-corrected chi connectivity index (χ2v) is 3.70. The maximum Gasteiger partial charge on any atom is 0.265 e. The van der Waals surface area contributed by atoms with Gasteiger partial charge in [0.25, 0.3) is 5.92 Å².